The number of Topliss-reactive ketones (excluding diaryl/α,β-unsaturated/α-hetero) is 1. The molecule has 464 valence electrons. The zero-order chi connectivity index (χ0) is 74.1. The van der Waals surface area contributed by atoms with Gasteiger partial charge in [-0.05, 0) is 111 Å². The fraction of sp³-hybridized carbons (Fsp3) is 0.411. The highest BCUT2D eigenvalue weighted by Crippen LogP contribution is 2.56. The largest absolute Gasteiger partial charge is 0.523 e. The van der Waals surface area contributed by atoms with Crippen LogP contribution < -0.4 is 0 Å². The Bertz CT molecular complexity index is 4010. The van der Waals surface area contributed by atoms with E-state index >= 15 is 0 Å². The number of benzene rings is 4. The van der Waals surface area contributed by atoms with Crippen molar-refractivity contribution in [1.29, 1.82) is 0 Å². The maximum Gasteiger partial charge on any atom is 0.226 e. The van der Waals surface area contributed by atoms with Gasteiger partial charge >= 0.3 is 0 Å². The molecule has 3 aromatic heterocycles. The van der Waals surface area contributed by atoms with Gasteiger partial charge in [0.05, 0.1) is 74.7 Å². The standard InChI is InChI=1S/C29H31N3O2.C22H25N3O2.C22H23N3O2.6H2/c1-20-23-14-15-25-28(29(23,2)18-24(30-3)27(20)33)31-26(32(25)22-12-8-5-9-13-22)16-17-34-19-21-10-6-4-7-11-21;2*1-14-16-9-10-18-21(22(16,2)13-17(23-3)20(14)27)24-19(11-12-26)25(18)15-7-5-4-6-8-15;;;;;;/h4-13,20,23,33H,14-19H2,1-2H3;4-8,14,16,26-27H,9-13H2,1-2H3;4-8,13-14,16,26H,9-12H2,1-2H3;6*1H/t20-,23-,29-;2*14-,16-,22-;;;;;;/m000....../s1/i;;;6*1+2T. The van der Waals surface area contributed by atoms with Crippen LogP contribution in [-0.4, -0.2) is 74.7 Å². The molecule has 3 heterocycles. The van der Waals surface area contributed by atoms with Gasteiger partial charge in [-0.15, -0.1) is 0 Å². The summed E-state index contributed by atoms with van der Waals surface area (Å²) in [6, 6.07) is 40.9. The Labute approximate surface area is 535 Å². The van der Waals surface area contributed by atoms with Crippen molar-refractivity contribution < 1.29 is 47.8 Å². The van der Waals surface area contributed by atoms with Crippen LogP contribution in [0.3, 0.4) is 0 Å². The second-order valence-electron chi connectivity index (χ2n) is 25.4. The van der Waals surface area contributed by atoms with E-state index in [4.69, 9.17) is 57.2 Å². The Morgan fingerprint density at radius 1 is 0.557 bits per heavy atom. The summed E-state index contributed by atoms with van der Waals surface area (Å²) in [6.45, 7) is 36.3. The van der Waals surface area contributed by atoms with Gasteiger partial charge in [0.25, 0.3) is 0 Å². The normalized spacial score (nSPS) is 26.2. The van der Waals surface area contributed by atoms with Crippen LogP contribution in [0.15, 0.2) is 156 Å². The summed E-state index contributed by atoms with van der Waals surface area (Å²) in [6.07, 6.45) is 10.0. The Morgan fingerprint density at radius 3 is 1.35 bits per heavy atom. The molecule has 0 amide bonds. The molecule has 0 unspecified atom stereocenters. The van der Waals surface area contributed by atoms with Crippen molar-refractivity contribution in [3.8, 4) is 17.1 Å². The molecule has 15 heteroatoms. The molecule has 6 aliphatic rings. The molecule has 0 fully saturated rings. The molecule has 0 saturated heterocycles. The number of rotatable bonds is 12. The van der Waals surface area contributed by atoms with Crippen LogP contribution in [-0.2, 0) is 70.9 Å². The van der Waals surface area contributed by atoms with Gasteiger partial charge in [0.2, 0.25) is 17.1 Å². The van der Waals surface area contributed by atoms with Crippen LogP contribution >= 0.6 is 0 Å². The minimum atomic E-state index is -0.439. The fourth-order valence-electron chi connectivity index (χ4n) is 16.0. The van der Waals surface area contributed by atoms with Gasteiger partial charge < -0.3 is 43.7 Å². The summed E-state index contributed by atoms with van der Waals surface area (Å²) >= 11 is 0. The summed E-state index contributed by atoms with van der Waals surface area (Å²) in [5, 5.41) is 40.2. The van der Waals surface area contributed by atoms with Gasteiger partial charge in [0, 0.05) is 105 Å². The number of aromatic nitrogens is 6. The first kappa shape index (κ1) is 53.6. The second kappa shape index (κ2) is 25.2. The molecule has 0 aliphatic heterocycles. The molecule has 4 aromatic carbocycles. The van der Waals surface area contributed by atoms with Crippen LogP contribution in [0.1, 0.15) is 149 Å². The lowest BCUT2D eigenvalue weighted by molar-refractivity contribution is -0.121. The van der Waals surface area contributed by atoms with Crippen molar-refractivity contribution in [2.75, 3.05) is 19.8 Å². The van der Waals surface area contributed by atoms with Crippen LogP contribution in [0.5, 0.6) is 0 Å². The highest BCUT2D eigenvalue weighted by Gasteiger charge is 2.53. The van der Waals surface area contributed by atoms with E-state index in [2.05, 4.69) is 104 Å². The van der Waals surface area contributed by atoms with E-state index in [1.807, 2.05) is 92.7 Å². The maximum atomic E-state index is 12.5. The third-order valence-electron chi connectivity index (χ3n) is 20.3. The molecule has 9 atom stereocenters. The lowest BCUT2D eigenvalue weighted by atomic mass is 9.58. The van der Waals surface area contributed by atoms with E-state index in [0.29, 0.717) is 56.7 Å². The van der Waals surface area contributed by atoms with Crippen molar-refractivity contribution in [1.82, 2.24) is 28.7 Å². The molecule has 0 radical (unpaired) electrons. The number of carbonyl (C=O) groups excluding carboxylic acids is 1. The number of carbonyl (C=O) groups is 1. The predicted molar refractivity (Wildman–Crippen MR) is 351 cm³/mol. The molecular formula is C73H91N9O6. The van der Waals surface area contributed by atoms with Gasteiger partial charge in [0.15, 0.2) is 5.78 Å². The van der Waals surface area contributed by atoms with Gasteiger partial charge in [0.1, 0.15) is 17.5 Å². The molecule has 13 rings (SSSR count). The zero-order valence-electron chi connectivity index (χ0n) is 63.3. The number of aliphatic hydroxyl groups is 4. The Kier molecular flexibility index (Phi) is 15.4. The minimum Gasteiger partial charge on any atom is -0.523 e. The van der Waals surface area contributed by atoms with Crippen LogP contribution in [0.4, 0.5) is 0 Å². The van der Waals surface area contributed by atoms with E-state index in [-0.39, 0.29) is 82.5 Å². The highest BCUT2D eigenvalue weighted by molar-refractivity contribution is 6.00. The number of para-hydroxylation sites is 3. The van der Waals surface area contributed by atoms with Crippen molar-refractivity contribution in [2.24, 2.45) is 35.5 Å². The average Bonchev–Trinajstić information content (AvgIpc) is 1.48. The Morgan fingerprint density at radius 2 is 0.943 bits per heavy atom. The van der Waals surface area contributed by atoms with E-state index in [0.717, 1.165) is 101 Å². The second-order valence-corrected chi connectivity index (χ2v) is 25.4. The van der Waals surface area contributed by atoms with Crippen molar-refractivity contribution in [2.45, 2.75) is 135 Å². The Balaban J connectivity index is 0.000000253. The first-order valence-corrected chi connectivity index (χ1v) is 31.1. The van der Waals surface area contributed by atoms with Gasteiger partial charge in [-0.3, -0.25) is 0 Å². The van der Waals surface area contributed by atoms with Crippen LogP contribution in [0.2, 0.25) is 0 Å². The monoisotopic (exact) mass is 1210 g/mol. The van der Waals surface area contributed by atoms with Gasteiger partial charge in [-0.1, -0.05) is 133 Å². The highest BCUT2D eigenvalue weighted by atomic mass is 16.5. The number of aliphatic hydroxyl groups excluding tert-OH is 4. The van der Waals surface area contributed by atoms with E-state index < -0.39 is 5.41 Å². The first-order chi connectivity index (χ1) is 48.5. The molecule has 0 bridgehead atoms. The molecule has 4 N–H and O–H groups in total. The first-order valence-electron chi connectivity index (χ1n) is 37.1. The maximum absolute atomic E-state index is 12.5. The number of ether oxygens (including phenoxy) is 1. The number of hydrogen-bond donors (Lipinski definition) is 4. The summed E-state index contributed by atoms with van der Waals surface area (Å²) in [5.41, 5.74) is 11.2. The molecular weight excluding hydrogens is 1100 g/mol. The molecule has 0 saturated carbocycles. The summed E-state index contributed by atoms with van der Waals surface area (Å²) in [4.78, 5) is 38.5. The van der Waals surface area contributed by atoms with Crippen molar-refractivity contribution in [3.05, 3.63) is 247 Å². The van der Waals surface area contributed by atoms with Gasteiger partial charge in [-0.2, -0.15) is 0 Å². The smallest absolute Gasteiger partial charge is 0.226 e. The minimum absolute atomic E-state index is 0.0287. The molecule has 88 heavy (non-hydrogen) atoms. The molecule has 6 aliphatic carbocycles. The molecule has 0 spiro atoms. The number of hydrogen-bond acceptors (Lipinski definition) is 9. The predicted octanol–water partition coefficient (Wildman–Crippen LogP) is 14.9. The fourth-order valence-corrected chi connectivity index (χ4v) is 16.0. The summed E-state index contributed by atoms with van der Waals surface area (Å²) in [7, 11) is 0. The number of imidazole rings is 3. The lowest BCUT2D eigenvalue weighted by Gasteiger charge is -2.47. The zero-order valence-corrected chi connectivity index (χ0v) is 51.3. The third-order valence-corrected chi connectivity index (χ3v) is 20.3. The summed E-state index contributed by atoms with van der Waals surface area (Å²) in [5.74, 6) is 3.61. The Hall–Kier alpha value is -8.65. The topological polar surface area (TPSA) is 174 Å². The van der Waals surface area contributed by atoms with Gasteiger partial charge in [-0.25, -0.2) is 29.5 Å². The number of nitrogens with zero attached hydrogens (tertiary/aromatic N) is 9. The van der Waals surface area contributed by atoms with Crippen LogP contribution in [0.25, 0.3) is 31.6 Å². The van der Waals surface area contributed by atoms with Crippen LogP contribution in [0, 0.1) is 55.2 Å². The molecule has 7 aromatic rings. The van der Waals surface area contributed by atoms with E-state index in [1.165, 1.54) is 11.4 Å². The molecule has 15 nitrogen and oxygen atoms in total. The van der Waals surface area contributed by atoms with E-state index in [9.17, 15) is 25.2 Å². The average molecular weight is 1210 g/mol. The number of fused-ring (bicyclic) bond motifs is 9. The number of ketones is 1. The third kappa shape index (κ3) is 10.8. The van der Waals surface area contributed by atoms with E-state index in [1.54, 1.807) is 0 Å². The quantitative estimate of drug-likeness (QED) is 0.0686. The number of allylic oxidation sites excluding steroid dienone is 6. The van der Waals surface area contributed by atoms with Crippen molar-refractivity contribution >= 4 is 5.78 Å². The lowest BCUT2D eigenvalue weighted by Crippen LogP contribution is -2.45. The SMILES string of the molecule is [3H][3H].[3H][3H].[3H][3H].[3H][3H].[3H][3H].[3H][3H].[C-]#[N+]C1=C(O)[C@@H](C)[C@@H]2CCc3c(nc(CCO)n3-c3ccccc3)[C@@]2(C)C1.[C-]#[N+]C1=C(O)[C@@H](C)[C@@H]2CCc3c(nc(CCOCc4ccccc4)n3-c3ccccc3)[C@@]2(C)C1.[C-]#[N+]C1=C[C@]2(C)c3nc(CCO)n(-c4ccccc4)c3CC[C@H]2[C@H](C)C1=O. The van der Waals surface area contributed by atoms with Crippen molar-refractivity contribution in [3.63, 3.8) is 0 Å². The summed E-state index contributed by atoms with van der Waals surface area (Å²) < 4.78 is 72.7.